The van der Waals surface area contributed by atoms with E-state index in [1.807, 2.05) is 31.2 Å². The molecule has 0 spiro atoms. The van der Waals surface area contributed by atoms with E-state index in [0.717, 1.165) is 11.1 Å². The minimum Gasteiger partial charge on any atom is -0.481 e. The van der Waals surface area contributed by atoms with E-state index in [0.29, 0.717) is 12.2 Å². The highest BCUT2D eigenvalue weighted by Crippen LogP contribution is 2.11. The fourth-order valence-electron chi connectivity index (χ4n) is 1.54. The van der Waals surface area contributed by atoms with Crippen molar-refractivity contribution in [3.63, 3.8) is 0 Å². The number of hydrogen-bond donors (Lipinski definition) is 1. The van der Waals surface area contributed by atoms with Gasteiger partial charge in [-0.2, -0.15) is 4.98 Å². The third-order valence-electron chi connectivity index (χ3n) is 2.42. The zero-order valence-corrected chi connectivity index (χ0v) is 9.38. The predicted octanol–water partition coefficient (Wildman–Crippen LogP) is 1.60. The van der Waals surface area contributed by atoms with Crippen LogP contribution in [-0.2, 0) is 17.6 Å². The van der Waals surface area contributed by atoms with Crippen molar-refractivity contribution in [1.29, 1.82) is 0 Å². The summed E-state index contributed by atoms with van der Waals surface area (Å²) in [5.41, 5.74) is 2.26. The molecule has 0 unspecified atom stereocenters. The van der Waals surface area contributed by atoms with Crippen molar-refractivity contribution >= 4 is 5.97 Å². The molecule has 0 aliphatic carbocycles. The molecule has 2 aromatic rings. The molecule has 88 valence electrons. The Balaban J connectivity index is 2.12. The normalized spacial score (nSPS) is 10.4. The van der Waals surface area contributed by atoms with Crippen LogP contribution in [0.4, 0.5) is 0 Å². The molecular formula is C12H12N2O3. The van der Waals surface area contributed by atoms with E-state index in [-0.39, 0.29) is 12.3 Å². The molecule has 0 fully saturated rings. The van der Waals surface area contributed by atoms with Crippen LogP contribution in [-0.4, -0.2) is 21.2 Å². The van der Waals surface area contributed by atoms with Crippen molar-refractivity contribution in [2.75, 3.05) is 0 Å². The fraction of sp³-hybridized carbons (Fsp3) is 0.250. The quantitative estimate of drug-likeness (QED) is 0.866. The molecule has 0 bridgehead atoms. The largest absolute Gasteiger partial charge is 0.481 e. The van der Waals surface area contributed by atoms with E-state index in [9.17, 15) is 4.79 Å². The molecule has 0 saturated heterocycles. The van der Waals surface area contributed by atoms with Crippen molar-refractivity contribution in [2.45, 2.75) is 19.8 Å². The van der Waals surface area contributed by atoms with E-state index in [4.69, 9.17) is 9.63 Å². The highest BCUT2D eigenvalue weighted by atomic mass is 16.5. The van der Waals surface area contributed by atoms with E-state index < -0.39 is 5.97 Å². The fourth-order valence-corrected chi connectivity index (χ4v) is 1.54. The van der Waals surface area contributed by atoms with E-state index in [1.165, 1.54) is 0 Å². The molecule has 0 aliphatic heterocycles. The molecule has 1 aromatic heterocycles. The van der Waals surface area contributed by atoms with Gasteiger partial charge in [0.15, 0.2) is 5.82 Å². The summed E-state index contributed by atoms with van der Waals surface area (Å²) in [5.74, 6) is -0.326. The molecule has 2 rings (SSSR count). The highest BCUT2D eigenvalue weighted by Gasteiger charge is 2.10. The summed E-state index contributed by atoms with van der Waals surface area (Å²) in [6.07, 6.45) is 0.316. The van der Waals surface area contributed by atoms with Gasteiger partial charge in [0, 0.05) is 6.42 Å². The lowest BCUT2D eigenvalue weighted by molar-refractivity contribution is -0.136. The maximum atomic E-state index is 10.5. The number of aliphatic carboxylic acids is 1. The van der Waals surface area contributed by atoms with Crippen molar-refractivity contribution in [2.24, 2.45) is 0 Å². The molecular weight excluding hydrogens is 220 g/mol. The van der Waals surface area contributed by atoms with Crippen LogP contribution in [0.15, 0.2) is 28.8 Å². The predicted molar refractivity (Wildman–Crippen MR) is 59.6 cm³/mol. The Kier molecular flexibility index (Phi) is 3.18. The van der Waals surface area contributed by atoms with Crippen LogP contribution in [0, 0.1) is 6.92 Å². The minimum atomic E-state index is -0.976. The monoisotopic (exact) mass is 232 g/mol. The Hall–Kier alpha value is -2.17. The van der Waals surface area contributed by atoms with Crippen LogP contribution in [0.5, 0.6) is 0 Å². The first-order valence-corrected chi connectivity index (χ1v) is 5.23. The molecule has 17 heavy (non-hydrogen) atoms. The Bertz CT molecular complexity index is 534. The summed E-state index contributed by atoms with van der Waals surface area (Å²) in [4.78, 5) is 14.5. The zero-order chi connectivity index (χ0) is 12.3. The zero-order valence-electron chi connectivity index (χ0n) is 9.38. The summed E-state index contributed by atoms with van der Waals surface area (Å²) in [7, 11) is 0. The third-order valence-corrected chi connectivity index (χ3v) is 2.42. The van der Waals surface area contributed by atoms with E-state index in [1.54, 1.807) is 0 Å². The SMILES string of the molecule is Cc1ccccc1Cc1noc(CC(=O)O)n1. The van der Waals surface area contributed by atoms with Gasteiger partial charge in [0.25, 0.3) is 0 Å². The van der Waals surface area contributed by atoms with Gasteiger partial charge in [0.1, 0.15) is 6.42 Å². The third kappa shape index (κ3) is 2.90. The topological polar surface area (TPSA) is 76.2 Å². The Morgan fingerprint density at radius 1 is 1.41 bits per heavy atom. The summed E-state index contributed by atoms with van der Waals surface area (Å²) in [6, 6.07) is 7.90. The number of rotatable bonds is 4. The average molecular weight is 232 g/mol. The summed E-state index contributed by atoms with van der Waals surface area (Å²) < 4.78 is 4.85. The lowest BCUT2D eigenvalue weighted by Gasteiger charge is -2.00. The van der Waals surface area contributed by atoms with E-state index in [2.05, 4.69) is 10.1 Å². The maximum absolute atomic E-state index is 10.5. The highest BCUT2D eigenvalue weighted by molar-refractivity contribution is 5.68. The number of carboxylic acid groups (broad SMARTS) is 1. The summed E-state index contributed by atoms with van der Waals surface area (Å²) >= 11 is 0. The van der Waals surface area contributed by atoms with Crippen LogP contribution in [0.25, 0.3) is 0 Å². The maximum Gasteiger partial charge on any atom is 0.312 e. The number of benzene rings is 1. The number of carboxylic acids is 1. The van der Waals surface area contributed by atoms with Gasteiger partial charge in [0.05, 0.1) is 0 Å². The Morgan fingerprint density at radius 3 is 2.88 bits per heavy atom. The lowest BCUT2D eigenvalue weighted by atomic mass is 10.1. The number of aryl methyl sites for hydroxylation is 1. The second-order valence-corrected chi connectivity index (χ2v) is 3.78. The van der Waals surface area contributed by atoms with Gasteiger partial charge in [-0.25, -0.2) is 0 Å². The molecule has 0 amide bonds. The molecule has 5 nitrogen and oxygen atoms in total. The van der Waals surface area contributed by atoms with E-state index >= 15 is 0 Å². The van der Waals surface area contributed by atoms with Crippen molar-refractivity contribution in [1.82, 2.24) is 10.1 Å². The van der Waals surface area contributed by atoms with Crippen LogP contribution >= 0.6 is 0 Å². The van der Waals surface area contributed by atoms with Gasteiger partial charge in [-0.15, -0.1) is 0 Å². The molecule has 0 atom stereocenters. The first-order chi connectivity index (χ1) is 8.15. The van der Waals surface area contributed by atoms with Gasteiger partial charge < -0.3 is 9.63 Å². The number of carbonyl (C=O) groups is 1. The molecule has 0 aliphatic rings. The lowest BCUT2D eigenvalue weighted by Crippen LogP contribution is -2.00. The van der Waals surface area contributed by atoms with Crippen LogP contribution in [0.2, 0.25) is 0 Å². The Labute approximate surface area is 98.1 Å². The molecule has 0 saturated carbocycles. The molecule has 1 N–H and O–H groups in total. The van der Waals surface area contributed by atoms with Gasteiger partial charge in [0.2, 0.25) is 5.89 Å². The number of hydrogen-bond acceptors (Lipinski definition) is 4. The average Bonchev–Trinajstić information content (AvgIpc) is 2.68. The second kappa shape index (κ2) is 4.78. The minimum absolute atomic E-state index is 0.140. The summed E-state index contributed by atoms with van der Waals surface area (Å²) in [6.45, 7) is 2.01. The van der Waals surface area contributed by atoms with Crippen LogP contribution in [0.1, 0.15) is 22.8 Å². The first-order valence-electron chi connectivity index (χ1n) is 5.23. The van der Waals surface area contributed by atoms with Crippen LogP contribution < -0.4 is 0 Å². The molecule has 1 heterocycles. The number of aromatic nitrogens is 2. The van der Waals surface area contributed by atoms with Gasteiger partial charge in [-0.05, 0) is 18.1 Å². The molecule has 1 aromatic carbocycles. The van der Waals surface area contributed by atoms with Crippen molar-refractivity contribution in [3.8, 4) is 0 Å². The van der Waals surface area contributed by atoms with Crippen molar-refractivity contribution in [3.05, 3.63) is 47.1 Å². The second-order valence-electron chi connectivity index (χ2n) is 3.78. The molecule has 5 heteroatoms. The standard InChI is InChI=1S/C12H12N2O3/c1-8-4-2-3-5-9(8)6-10-13-11(17-14-10)7-12(15)16/h2-5H,6-7H2,1H3,(H,15,16). The van der Waals surface area contributed by atoms with Gasteiger partial charge in [-0.1, -0.05) is 29.4 Å². The van der Waals surface area contributed by atoms with Gasteiger partial charge >= 0.3 is 5.97 Å². The molecule has 0 radical (unpaired) electrons. The smallest absolute Gasteiger partial charge is 0.312 e. The number of nitrogens with zero attached hydrogens (tertiary/aromatic N) is 2. The summed E-state index contributed by atoms with van der Waals surface area (Å²) in [5, 5.41) is 12.3. The first kappa shape index (κ1) is 11.3. The van der Waals surface area contributed by atoms with Crippen LogP contribution in [0.3, 0.4) is 0 Å². The Morgan fingerprint density at radius 2 is 2.18 bits per heavy atom. The van der Waals surface area contributed by atoms with Crippen molar-refractivity contribution < 1.29 is 14.4 Å². The van der Waals surface area contributed by atoms with Gasteiger partial charge in [-0.3, -0.25) is 4.79 Å².